The van der Waals surface area contributed by atoms with Crippen molar-refractivity contribution >= 4 is 13.8 Å². The van der Waals surface area contributed by atoms with Gasteiger partial charge in [-0.15, -0.1) is 0 Å². The van der Waals surface area contributed by atoms with Crippen LogP contribution in [0.1, 0.15) is 200 Å². The summed E-state index contributed by atoms with van der Waals surface area (Å²) >= 11 is 0. The van der Waals surface area contributed by atoms with E-state index < -0.39 is 39.2 Å². The SMILES string of the molecule is CCCCCC/C=C\C/C=C\CCCCCCCCCCOCC(COP(=O)(O)OCC(O)CO)OC(=O)CCCCCCC/C=C\CCCCCCCC. The van der Waals surface area contributed by atoms with Gasteiger partial charge in [-0.2, -0.15) is 0 Å². The maximum atomic E-state index is 12.6. The van der Waals surface area contributed by atoms with Gasteiger partial charge in [-0.3, -0.25) is 13.8 Å². The highest BCUT2D eigenvalue weighted by molar-refractivity contribution is 7.47. The third-order valence-electron chi connectivity index (χ3n) is 9.55. The Labute approximate surface area is 337 Å². The number of aliphatic hydroxyl groups excluding tert-OH is 2. The lowest BCUT2D eigenvalue weighted by molar-refractivity contribution is -0.154. The van der Waals surface area contributed by atoms with Gasteiger partial charge in [0.25, 0.3) is 0 Å². The number of hydrogen-bond acceptors (Lipinski definition) is 8. The van der Waals surface area contributed by atoms with Gasteiger partial charge in [0.05, 0.1) is 26.4 Å². The Morgan fingerprint density at radius 1 is 0.564 bits per heavy atom. The zero-order chi connectivity index (χ0) is 40.3. The molecule has 324 valence electrons. The van der Waals surface area contributed by atoms with Crippen molar-refractivity contribution in [1.82, 2.24) is 0 Å². The van der Waals surface area contributed by atoms with Crippen molar-refractivity contribution in [3.05, 3.63) is 36.5 Å². The number of rotatable bonds is 43. The Bertz CT molecular complexity index is 955. The number of hydrogen-bond donors (Lipinski definition) is 3. The molecule has 0 fully saturated rings. The van der Waals surface area contributed by atoms with Crippen LogP contribution in [-0.2, 0) is 27.9 Å². The second kappa shape index (κ2) is 42.3. The van der Waals surface area contributed by atoms with Crippen LogP contribution in [0, 0.1) is 0 Å². The highest BCUT2D eigenvalue weighted by Crippen LogP contribution is 2.43. The van der Waals surface area contributed by atoms with Crippen LogP contribution in [0.15, 0.2) is 36.5 Å². The zero-order valence-electron chi connectivity index (χ0n) is 35.4. The van der Waals surface area contributed by atoms with Gasteiger partial charge in [0.15, 0.2) is 0 Å². The molecule has 3 atom stereocenters. The van der Waals surface area contributed by atoms with E-state index in [1.165, 1.54) is 109 Å². The highest BCUT2D eigenvalue weighted by Gasteiger charge is 2.26. The molecule has 0 aliphatic heterocycles. The second-order valence-electron chi connectivity index (χ2n) is 15.1. The summed E-state index contributed by atoms with van der Waals surface area (Å²) < 4.78 is 33.4. The van der Waals surface area contributed by atoms with E-state index in [0.717, 1.165) is 70.6 Å². The molecule has 3 N–H and O–H groups in total. The van der Waals surface area contributed by atoms with Crippen LogP contribution in [0.5, 0.6) is 0 Å². The van der Waals surface area contributed by atoms with E-state index in [4.69, 9.17) is 23.6 Å². The minimum atomic E-state index is -4.52. The van der Waals surface area contributed by atoms with Gasteiger partial charge in [0.1, 0.15) is 12.2 Å². The van der Waals surface area contributed by atoms with E-state index >= 15 is 0 Å². The molecule has 0 radical (unpaired) electrons. The number of ether oxygens (including phenoxy) is 2. The predicted octanol–water partition coefficient (Wildman–Crippen LogP) is 12.4. The minimum absolute atomic E-state index is 0.0428. The van der Waals surface area contributed by atoms with E-state index in [0.29, 0.717) is 6.61 Å². The fourth-order valence-electron chi connectivity index (χ4n) is 6.09. The van der Waals surface area contributed by atoms with Crippen molar-refractivity contribution in [2.75, 3.05) is 33.0 Å². The summed E-state index contributed by atoms with van der Waals surface area (Å²) in [6, 6.07) is 0. The molecule has 10 heteroatoms. The Kier molecular flexibility index (Phi) is 41.3. The summed E-state index contributed by atoms with van der Waals surface area (Å²) in [5, 5.41) is 18.4. The Balaban J connectivity index is 4.16. The Morgan fingerprint density at radius 3 is 1.49 bits per heavy atom. The van der Waals surface area contributed by atoms with Crippen LogP contribution in [0.2, 0.25) is 0 Å². The van der Waals surface area contributed by atoms with Gasteiger partial charge in [0, 0.05) is 13.0 Å². The van der Waals surface area contributed by atoms with E-state index in [9.17, 15) is 19.4 Å². The lowest BCUT2D eigenvalue weighted by atomic mass is 10.1. The Morgan fingerprint density at radius 2 is 0.982 bits per heavy atom. The molecule has 9 nitrogen and oxygen atoms in total. The van der Waals surface area contributed by atoms with Gasteiger partial charge < -0.3 is 24.6 Å². The van der Waals surface area contributed by atoms with E-state index in [1.807, 2.05) is 0 Å². The van der Waals surface area contributed by atoms with Crippen LogP contribution in [0.3, 0.4) is 0 Å². The monoisotopic (exact) mass is 801 g/mol. The summed E-state index contributed by atoms with van der Waals surface area (Å²) in [5.41, 5.74) is 0. The lowest BCUT2D eigenvalue weighted by Crippen LogP contribution is -2.29. The minimum Gasteiger partial charge on any atom is -0.457 e. The largest absolute Gasteiger partial charge is 0.472 e. The number of esters is 1. The number of phosphoric ester groups is 1. The first-order valence-electron chi connectivity index (χ1n) is 22.5. The third kappa shape index (κ3) is 42.1. The van der Waals surface area contributed by atoms with Crippen LogP contribution < -0.4 is 0 Å². The molecule has 0 aromatic heterocycles. The van der Waals surface area contributed by atoms with Crippen molar-refractivity contribution in [3.63, 3.8) is 0 Å². The molecular weight excluding hydrogens is 715 g/mol. The van der Waals surface area contributed by atoms with Crippen molar-refractivity contribution in [2.24, 2.45) is 0 Å². The maximum absolute atomic E-state index is 12.6. The molecule has 3 unspecified atom stereocenters. The molecule has 0 aromatic carbocycles. The van der Waals surface area contributed by atoms with Crippen LogP contribution in [0.4, 0.5) is 0 Å². The van der Waals surface area contributed by atoms with Crippen molar-refractivity contribution < 1.29 is 43.0 Å². The quantitative estimate of drug-likeness (QED) is 0.0239. The standard InChI is InChI=1S/C45H85O9P/c1-3-5-7-9-11-13-15-17-19-20-21-22-24-26-28-30-32-34-36-38-51-41-44(42-53-55(49,50)52-40-43(47)39-46)54-45(48)37-35-33-31-29-27-25-23-18-16-14-12-10-8-6-4-2/h13,15,18-20,23,43-44,46-47H,3-12,14,16-17,21-22,24-42H2,1-2H3,(H,49,50)/b15-13-,20-19-,23-18-. The molecule has 0 aliphatic rings. The van der Waals surface area contributed by atoms with Gasteiger partial charge in [0.2, 0.25) is 0 Å². The normalized spacial score (nSPS) is 14.3. The van der Waals surface area contributed by atoms with Crippen molar-refractivity contribution in [2.45, 2.75) is 212 Å². The van der Waals surface area contributed by atoms with Gasteiger partial charge in [-0.05, 0) is 70.6 Å². The first-order valence-corrected chi connectivity index (χ1v) is 24.0. The molecular formula is C45H85O9P. The van der Waals surface area contributed by atoms with Gasteiger partial charge in [-0.1, -0.05) is 159 Å². The molecule has 0 aromatic rings. The molecule has 0 saturated carbocycles. The summed E-state index contributed by atoms with van der Waals surface area (Å²) in [7, 11) is -4.52. The Hall–Kier alpha value is -1.32. The third-order valence-corrected chi connectivity index (χ3v) is 10.5. The molecule has 0 bridgehead atoms. The average Bonchev–Trinajstić information content (AvgIpc) is 3.18. The number of carbonyl (C=O) groups is 1. The van der Waals surface area contributed by atoms with Crippen LogP contribution >= 0.6 is 7.82 Å². The van der Waals surface area contributed by atoms with E-state index in [1.54, 1.807) is 0 Å². The molecule has 0 amide bonds. The van der Waals surface area contributed by atoms with Crippen LogP contribution in [0.25, 0.3) is 0 Å². The smallest absolute Gasteiger partial charge is 0.457 e. The second-order valence-corrected chi connectivity index (χ2v) is 16.5. The van der Waals surface area contributed by atoms with Crippen LogP contribution in [-0.4, -0.2) is 66.3 Å². The van der Waals surface area contributed by atoms with Gasteiger partial charge in [-0.25, -0.2) is 4.57 Å². The van der Waals surface area contributed by atoms with Crippen molar-refractivity contribution in [1.29, 1.82) is 0 Å². The lowest BCUT2D eigenvalue weighted by Gasteiger charge is -2.20. The number of carbonyl (C=O) groups excluding carboxylic acids is 1. The van der Waals surface area contributed by atoms with E-state index in [2.05, 4.69) is 50.3 Å². The summed E-state index contributed by atoms with van der Waals surface area (Å²) in [6.45, 7) is 3.49. The molecule has 0 rings (SSSR count). The maximum Gasteiger partial charge on any atom is 0.472 e. The molecule has 55 heavy (non-hydrogen) atoms. The number of allylic oxidation sites excluding steroid dienone is 6. The molecule has 0 spiro atoms. The first kappa shape index (κ1) is 53.7. The first-order chi connectivity index (χ1) is 26.8. The fraction of sp³-hybridized carbons (Fsp3) is 0.844. The van der Waals surface area contributed by atoms with Crippen molar-refractivity contribution in [3.8, 4) is 0 Å². The van der Waals surface area contributed by atoms with Gasteiger partial charge >= 0.3 is 13.8 Å². The number of unbranched alkanes of at least 4 members (excludes halogenated alkanes) is 23. The molecule has 0 heterocycles. The van der Waals surface area contributed by atoms with E-state index in [-0.39, 0.29) is 19.6 Å². The highest BCUT2D eigenvalue weighted by atomic mass is 31.2. The number of phosphoric acid groups is 1. The average molecular weight is 801 g/mol. The zero-order valence-corrected chi connectivity index (χ0v) is 36.3. The summed E-state index contributed by atoms with van der Waals surface area (Å²) in [4.78, 5) is 22.6. The topological polar surface area (TPSA) is 132 Å². The fourth-order valence-corrected chi connectivity index (χ4v) is 6.88. The predicted molar refractivity (Wildman–Crippen MR) is 228 cm³/mol. The summed E-state index contributed by atoms with van der Waals surface area (Å²) in [6.07, 6.45) is 45.3. The molecule has 0 saturated heterocycles. The molecule has 0 aliphatic carbocycles. The summed E-state index contributed by atoms with van der Waals surface area (Å²) in [5.74, 6) is -0.393. The number of aliphatic hydroxyl groups is 2.